The van der Waals surface area contributed by atoms with Gasteiger partial charge in [0.05, 0.1) is 6.04 Å². The van der Waals surface area contributed by atoms with Crippen LogP contribution in [0.2, 0.25) is 0 Å². The molecule has 0 aromatic heterocycles. The Hall–Kier alpha value is -1.66. The van der Waals surface area contributed by atoms with Crippen molar-refractivity contribution < 1.29 is 23.5 Å². The molecule has 1 saturated heterocycles. The minimum absolute atomic E-state index is 0.0911. The Morgan fingerprint density at radius 3 is 2.60 bits per heavy atom. The standard InChI is InChI=1S/C13H21FN2O4/c1-13(2,3)20-12(19)16-9(10(17)7-14)6-8-4-5-15-11(8)18/h8-9H,4-7H2,1-3H3,(H,15,18)(H,16,19)/t8-,9-/m0/s1. The van der Waals surface area contributed by atoms with Gasteiger partial charge in [-0.05, 0) is 33.6 Å². The van der Waals surface area contributed by atoms with E-state index in [0.717, 1.165) is 0 Å². The monoisotopic (exact) mass is 288 g/mol. The van der Waals surface area contributed by atoms with Gasteiger partial charge in [-0.15, -0.1) is 0 Å². The lowest BCUT2D eigenvalue weighted by molar-refractivity contribution is -0.124. The Labute approximate surface area is 117 Å². The molecule has 6 nitrogen and oxygen atoms in total. The molecule has 0 radical (unpaired) electrons. The van der Waals surface area contributed by atoms with Crippen molar-refractivity contribution in [1.82, 2.24) is 10.6 Å². The lowest BCUT2D eigenvalue weighted by atomic mass is 9.96. The number of carbonyl (C=O) groups is 3. The number of ether oxygens (including phenoxy) is 1. The third-order valence-corrected chi connectivity index (χ3v) is 2.89. The van der Waals surface area contributed by atoms with E-state index in [2.05, 4.69) is 10.6 Å². The minimum atomic E-state index is -1.19. The number of rotatable bonds is 5. The largest absolute Gasteiger partial charge is 0.444 e. The number of halogens is 1. The van der Waals surface area contributed by atoms with Crippen molar-refractivity contribution in [2.24, 2.45) is 5.92 Å². The smallest absolute Gasteiger partial charge is 0.408 e. The maximum atomic E-state index is 12.6. The first kappa shape index (κ1) is 16.4. The molecule has 0 aromatic rings. The zero-order valence-electron chi connectivity index (χ0n) is 12.0. The van der Waals surface area contributed by atoms with Gasteiger partial charge in [0.25, 0.3) is 0 Å². The lowest BCUT2D eigenvalue weighted by Gasteiger charge is -2.23. The van der Waals surface area contributed by atoms with Crippen LogP contribution in [0.3, 0.4) is 0 Å². The van der Waals surface area contributed by atoms with Crippen LogP contribution < -0.4 is 10.6 Å². The predicted molar refractivity (Wildman–Crippen MR) is 69.9 cm³/mol. The van der Waals surface area contributed by atoms with Crippen molar-refractivity contribution in [3.8, 4) is 0 Å². The maximum absolute atomic E-state index is 12.6. The molecule has 2 atom stereocenters. The van der Waals surface area contributed by atoms with Gasteiger partial charge in [-0.25, -0.2) is 9.18 Å². The number of ketones is 1. The average molecular weight is 288 g/mol. The second-order valence-corrected chi connectivity index (χ2v) is 5.81. The molecule has 1 fully saturated rings. The number of alkyl halides is 1. The van der Waals surface area contributed by atoms with Crippen LogP contribution in [0.5, 0.6) is 0 Å². The summed E-state index contributed by atoms with van der Waals surface area (Å²) < 4.78 is 17.6. The molecule has 2 N–H and O–H groups in total. The number of hydrogen-bond donors (Lipinski definition) is 2. The number of nitrogens with one attached hydrogen (secondary N) is 2. The Kier molecular flexibility index (Phi) is 5.47. The molecule has 0 saturated carbocycles. The lowest BCUT2D eigenvalue weighted by Crippen LogP contribution is -2.45. The van der Waals surface area contributed by atoms with E-state index in [1.54, 1.807) is 20.8 Å². The van der Waals surface area contributed by atoms with Crippen molar-refractivity contribution >= 4 is 17.8 Å². The third-order valence-electron chi connectivity index (χ3n) is 2.89. The first-order valence-corrected chi connectivity index (χ1v) is 6.59. The molecule has 2 amide bonds. The Balaban J connectivity index is 2.62. The third kappa shape index (κ3) is 5.14. The zero-order valence-corrected chi connectivity index (χ0v) is 12.0. The molecule has 1 aliphatic heterocycles. The number of Topliss-reactive ketones (excluding diaryl/α,β-unsaturated/α-hetero) is 1. The molecule has 20 heavy (non-hydrogen) atoms. The topological polar surface area (TPSA) is 84.5 Å². The predicted octanol–water partition coefficient (Wildman–Crippen LogP) is 0.945. The van der Waals surface area contributed by atoms with Crippen molar-refractivity contribution in [1.29, 1.82) is 0 Å². The molecule has 0 spiro atoms. The van der Waals surface area contributed by atoms with Crippen molar-refractivity contribution in [2.75, 3.05) is 13.2 Å². The molecule has 0 aromatic carbocycles. The van der Waals surface area contributed by atoms with E-state index in [9.17, 15) is 18.8 Å². The van der Waals surface area contributed by atoms with Crippen molar-refractivity contribution in [2.45, 2.75) is 45.3 Å². The summed E-state index contributed by atoms with van der Waals surface area (Å²) >= 11 is 0. The SMILES string of the molecule is CC(C)(C)OC(=O)N[C@@H](C[C@@H]1CCNC1=O)C(=O)CF. The fourth-order valence-electron chi connectivity index (χ4n) is 1.97. The van der Waals surface area contributed by atoms with Gasteiger partial charge in [0.2, 0.25) is 5.91 Å². The van der Waals surface area contributed by atoms with Gasteiger partial charge in [-0.2, -0.15) is 0 Å². The minimum Gasteiger partial charge on any atom is -0.444 e. The second-order valence-electron chi connectivity index (χ2n) is 5.81. The molecule has 0 unspecified atom stereocenters. The highest BCUT2D eigenvalue weighted by Gasteiger charge is 2.32. The van der Waals surface area contributed by atoms with E-state index >= 15 is 0 Å². The van der Waals surface area contributed by atoms with Crippen LogP contribution in [0.25, 0.3) is 0 Å². The van der Waals surface area contributed by atoms with Gasteiger partial charge in [-0.3, -0.25) is 9.59 Å². The van der Waals surface area contributed by atoms with Gasteiger partial charge in [0.15, 0.2) is 5.78 Å². The highest BCUT2D eigenvalue weighted by atomic mass is 19.1. The summed E-state index contributed by atoms with van der Waals surface area (Å²) in [5, 5.41) is 4.98. The average Bonchev–Trinajstić information content (AvgIpc) is 2.70. The maximum Gasteiger partial charge on any atom is 0.408 e. The van der Waals surface area contributed by atoms with Crippen molar-refractivity contribution in [3.63, 3.8) is 0 Å². The fraction of sp³-hybridized carbons (Fsp3) is 0.769. The molecular formula is C13H21FN2O4. The highest BCUT2D eigenvalue weighted by molar-refractivity contribution is 5.89. The molecule has 0 bridgehead atoms. The van der Waals surface area contributed by atoms with E-state index in [4.69, 9.17) is 4.74 Å². The number of alkyl carbamates (subject to hydrolysis) is 1. The van der Waals surface area contributed by atoms with Crippen LogP contribution in [0.4, 0.5) is 9.18 Å². The van der Waals surface area contributed by atoms with Gasteiger partial charge in [0, 0.05) is 12.5 Å². The summed E-state index contributed by atoms with van der Waals surface area (Å²) in [6.45, 7) is 4.40. The first-order chi connectivity index (χ1) is 9.23. The Bertz CT molecular complexity index is 392. The molecule has 114 valence electrons. The number of carbonyl (C=O) groups excluding carboxylic acids is 3. The summed E-state index contributed by atoms with van der Waals surface area (Å²) in [7, 11) is 0. The zero-order chi connectivity index (χ0) is 15.3. The molecule has 1 heterocycles. The number of amides is 2. The molecule has 7 heteroatoms. The Morgan fingerprint density at radius 1 is 1.50 bits per heavy atom. The second kappa shape index (κ2) is 6.67. The Morgan fingerprint density at radius 2 is 2.15 bits per heavy atom. The first-order valence-electron chi connectivity index (χ1n) is 6.59. The fourth-order valence-corrected chi connectivity index (χ4v) is 1.97. The highest BCUT2D eigenvalue weighted by Crippen LogP contribution is 2.17. The van der Waals surface area contributed by atoms with Crippen LogP contribution in [-0.4, -0.2) is 42.6 Å². The molecule has 1 aliphatic rings. The van der Waals surface area contributed by atoms with E-state index < -0.39 is 30.2 Å². The molecule has 0 aliphatic carbocycles. The van der Waals surface area contributed by atoms with E-state index in [0.29, 0.717) is 13.0 Å². The van der Waals surface area contributed by atoms with Crippen LogP contribution in [-0.2, 0) is 14.3 Å². The summed E-state index contributed by atoms with van der Waals surface area (Å²) in [4.78, 5) is 34.6. The van der Waals surface area contributed by atoms with E-state index in [1.807, 2.05) is 0 Å². The quantitative estimate of drug-likeness (QED) is 0.788. The van der Waals surface area contributed by atoms with Crippen LogP contribution >= 0.6 is 0 Å². The summed E-state index contributed by atoms with van der Waals surface area (Å²) in [6, 6.07) is -1.04. The summed E-state index contributed by atoms with van der Waals surface area (Å²) in [5.41, 5.74) is -0.710. The normalized spacial score (nSPS) is 20.2. The van der Waals surface area contributed by atoms with Crippen LogP contribution in [0.15, 0.2) is 0 Å². The summed E-state index contributed by atoms with van der Waals surface area (Å²) in [5.74, 6) is -1.31. The van der Waals surface area contributed by atoms with Crippen LogP contribution in [0, 0.1) is 5.92 Å². The van der Waals surface area contributed by atoms with Gasteiger partial charge in [0.1, 0.15) is 12.3 Å². The van der Waals surface area contributed by atoms with Gasteiger partial charge < -0.3 is 15.4 Å². The van der Waals surface area contributed by atoms with Gasteiger partial charge >= 0.3 is 6.09 Å². The van der Waals surface area contributed by atoms with Gasteiger partial charge in [-0.1, -0.05) is 0 Å². The molecular weight excluding hydrogens is 267 g/mol. The van der Waals surface area contributed by atoms with E-state index in [-0.39, 0.29) is 18.2 Å². The van der Waals surface area contributed by atoms with Crippen LogP contribution in [0.1, 0.15) is 33.6 Å². The summed E-state index contributed by atoms with van der Waals surface area (Å²) in [6.07, 6.45) is -0.124. The van der Waals surface area contributed by atoms with E-state index in [1.165, 1.54) is 0 Å². The van der Waals surface area contributed by atoms with Crippen molar-refractivity contribution in [3.05, 3.63) is 0 Å². The number of hydrogen-bond acceptors (Lipinski definition) is 4. The molecule has 1 rings (SSSR count).